The van der Waals surface area contributed by atoms with Gasteiger partial charge in [-0.05, 0) is 25.2 Å². The van der Waals surface area contributed by atoms with E-state index in [2.05, 4.69) is 6.92 Å². The summed E-state index contributed by atoms with van der Waals surface area (Å²) in [6, 6.07) is 0. The Morgan fingerprint density at radius 1 is 1.17 bits per heavy atom. The largest absolute Gasteiger partial charge is 0.123 e. The van der Waals surface area contributed by atoms with Gasteiger partial charge >= 0.3 is 0 Å². The number of hydrogen-bond donors (Lipinski definition) is 0. The lowest BCUT2D eigenvalue weighted by molar-refractivity contribution is 0.414. The molecule has 1 rings (SSSR count). The van der Waals surface area contributed by atoms with E-state index in [1.807, 2.05) is 0 Å². The first-order valence-electron chi connectivity index (χ1n) is 5.47. The first-order chi connectivity index (χ1) is 5.83. The van der Waals surface area contributed by atoms with E-state index in [-0.39, 0.29) is 0 Å². The highest BCUT2D eigenvalue weighted by molar-refractivity contribution is 6.20. The van der Waals surface area contributed by atoms with Crippen molar-refractivity contribution in [3.8, 4) is 0 Å². The van der Waals surface area contributed by atoms with Gasteiger partial charge in [-0.25, -0.2) is 0 Å². The highest BCUT2D eigenvalue weighted by atomic mass is 35.5. The summed E-state index contributed by atoms with van der Waals surface area (Å²) in [4.78, 5) is 0. The molecule has 0 aromatic heterocycles. The number of hydrogen-bond acceptors (Lipinski definition) is 0. The molecule has 2 atom stereocenters. The van der Waals surface area contributed by atoms with Crippen LogP contribution in [0.2, 0.25) is 0 Å². The molecular formula is C11H21Cl. The molecule has 0 amide bonds. The molecule has 0 radical (unpaired) electrons. The van der Waals surface area contributed by atoms with E-state index in [9.17, 15) is 0 Å². The van der Waals surface area contributed by atoms with Crippen molar-refractivity contribution in [1.82, 2.24) is 0 Å². The van der Waals surface area contributed by atoms with Gasteiger partial charge in [-0.2, -0.15) is 0 Å². The molecule has 0 aromatic carbocycles. The van der Waals surface area contributed by atoms with Crippen LogP contribution in [0.3, 0.4) is 0 Å². The molecule has 1 heteroatoms. The minimum atomic E-state index is 0.483. The third-order valence-electron chi connectivity index (χ3n) is 2.98. The number of halogens is 1. The van der Waals surface area contributed by atoms with Crippen LogP contribution >= 0.6 is 11.6 Å². The van der Waals surface area contributed by atoms with Crippen molar-refractivity contribution in [1.29, 1.82) is 0 Å². The molecular weight excluding hydrogens is 168 g/mol. The lowest BCUT2D eigenvalue weighted by Gasteiger charge is -2.12. The predicted octanol–water partition coefficient (Wildman–Crippen LogP) is 4.36. The van der Waals surface area contributed by atoms with Gasteiger partial charge in [0, 0.05) is 5.38 Å². The number of rotatable bonds is 3. The van der Waals surface area contributed by atoms with E-state index in [0.29, 0.717) is 5.38 Å². The van der Waals surface area contributed by atoms with E-state index in [1.54, 1.807) is 0 Å². The SMILES string of the molecule is CCCCC1CCCC(Cl)CC1. The van der Waals surface area contributed by atoms with Crippen LogP contribution in [0.1, 0.15) is 58.3 Å². The molecule has 0 heterocycles. The molecule has 1 fully saturated rings. The highest BCUT2D eigenvalue weighted by Gasteiger charge is 2.16. The van der Waals surface area contributed by atoms with Crippen LogP contribution in [0.15, 0.2) is 0 Å². The Morgan fingerprint density at radius 3 is 2.75 bits per heavy atom. The van der Waals surface area contributed by atoms with Crippen LogP contribution in [0.5, 0.6) is 0 Å². The van der Waals surface area contributed by atoms with Crippen LogP contribution < -0.4 is 0 Å². The smallest absolute Gasteiger partial charge is 0.0336 e. The van der Waals surface area contributed by atoms with Gasteiger partial charge in [0.15, 0.2) is 0 Å². The summed E-state index contributed by atoms with van der Waals surface area (Å²) in [5.41, 5.74) is 0. The highest BCUT2D eigenvalue weighted by Crippen LogP contribution is 2.29. The van der Waals surface area contributed by atoms with Gasteiger partial charge in [0.25, 0.3) is 0 Å². The zero-order chi connectivity index (χ0) is 8.81. The van der Waals surface area contributed by atoms with Crippen molar-refractivity contribution in [2.45, 2.75) is 63.7 Å². The average Bonchev–Trinajstić information content (AvgIpc) is 2.27. The minimum absolute atomic E-state index is 0.483. The van der Waals surface area contributed by atoms with Gasteiger partial charge in [-0.15, -0.1) is 11.6 Å². The second-order valence-corrected chi connectivity index (χ2v) is 4.73. The normalized spacial score (nSPS) is 31.5. The zero-order valence-electron chi connectivity index (χ0n) is 8.19. The number of unbranched alkanes of at least 4 members (excludes halogenated alkanes) is 1. The van der Waals surface area contributed by atoms with E-state index in [4.69, 9.17) is 11.6 Å². The van der Waals surface area contributed by atoms with Gasteiger partial charge < -0.3 is 0 Å². The Labute approximate surface area is 81.7 Å². The first kappa shape index (κ1) is 10.4. The standard InChI is InChI=1S/C11H21Cl/c1-2-3-5-10-6-4-7-11(12)9-8-10/h10-11H,2-9H2,1H3. The molecule has 0 bridgehead atoms. The fourth-order valence-corrected chi connectivity index (χ4v) is 2.40. The average molecular weight is 189 g/mol. The van der Waals surface area contributed by atoms with Crippen molar-refractivity contribution < 1.29 is 0 Å². The molecule has 0 N–H and O–H groups in total. The molecule has 1 aliphatic carbocycles. The Bertz CT molecular complexity index is 110. The maximum atomic E-state index is 6.12. The van der Waals surface area contributed by atoms with Gasteiger partial charge in [-0.1, -0.05) is 39.0 Å². The summed E-state index contributed by atoms with van der Waals surface area (Å²) >= 11 is 6.12. The Morgan fingerprint density at radius 2 is 2.00 bits per heavy atom. The molecule has 0 aliphatic heterocycles. The third-order valence-corrected chi connectivity index (χ3v) is 3.42. The summed E-state index contributed by atoms with van der Waals surface area (Å²) in [6.07, 6.45) is 10.9. The predicted molar refractivity (Wildman–Crippen MR) is 55.7 cm³/mol. The molecule has 0 saturated heterocycles. The molecule has 72 valence electrons. The summed E-state index contributed by atoms with van der Waals surface area (Å²) < 4.78 is 0. The quantitative estimate of drug-likeness (QED) is 0.456. The van der Waals surface area contributed by atoms with E-state index in [1.165, 1.54) is 51.4 Å². The van der Waals surface area contributed by atoms with Crippen molar-refractivity contribution in [3.05, 3.63) is 0 Å². The summed E-state index contributed by atoms with van der Waals surface area (Å²) in [5.74, 6) is 0.994. The molecule has 0 aromatic rings. The van der Waals surface area contributed by atoms with Gasteiger partial charge in [0.1, 0.15) is 0 Å². The molecule has 0 spiro atoms. The van der Waals surface area contributed by atoms with Crippen LogP contribution in [0.4, 0.5) is 0 Å². The maximum absolute atomic E-state index is 6.12. The Balaban J connectivity index is 2.17. The van der Waals surface area contributed by atoms with Crippen molar-refractivity contribution in [2.24, 2.45) is 5.92 Å². The van der Waals surface area contributed by atoms with E-state index in [0.717, 1.165) is 5.92 Å². The van der Waals surface area contributed by atoms with Gasteiger partial charge in [0.2, 0.25) is 0 Å². The van der Waals surface area contributed by atoms with Crippen molar-refractivity contribution in [3.63, 3.8) is 0 Å². The fourth-order valence-electron chi connectivity index (χ4n) is 2.11. The summed E-state index contributed by atoms with van der Waals surface area (Å²) in [5, 5.41) is 0.483. The Kier molecular flexibility index (Phi) is 5.06. The second-order valence-electron chi connectivity index (χ2n) is 4.11. The van der Waals surface area contributed by atoms with E-state index < -0.39 is 0 Å². The first-order valence-corrected chi connectivity index (χ1v) is 5.90. The summed E-state index contributed by atoms with van der Waals surface area (Å²) in [7, 11) is 0. The molecule has 1 aliphatic rings. The monoisotopic (exact) mass is 188 g/mol. The molecule has 0 nitrogen and oxygen atoms in total. The van der Waals surface area contributed by atoms with Crippen LogP contribution in [0, 0.1) is 5.92 Å². The minimum Gasteiger partial charge on any atom is -0.123 e. The van der Waals surface area contributed by atoms with Crippen molar-refractivity contribution >= 4 is 11.6 Å². The molecule has 1 saturated carbocycles. The number of alkyl halides is 1. The van der Waals surface area contributed by atoms with Crippen LogP contribution in [-0.4, -0.2) is 5.38 Å². The Hall–Kier alpha value is 0.290. The zero-order valence-corrected chi connectivity index (χ0v) is 8.95. The third kappa shape index (κ3) is 3.80. The molecule has 2 unspecified atom stereocenters. The lowest BCUT2D eigenvalue weighted by Crippen LogP contribution is -1.99. The second kappa shape index (κ2) is 5.85. The van der Waals surface area contributed by atoms with Gasteiger partial charge in [0.05, 0.1) is 0 Å². The molecule has 12 heavy (non-hydrogen) atoms. The van der Waals surface area contributed by atoms with Gasteiger partial charge in [-0.3, -0.25) is 0 Å². The topological polar surface area (TPSA) is 0 Å². The maximum Gasteiger partial charge on any atom is 0.0336 e. The van der Waals surface area contributed by atoms with Crippen molar-refractivity contribution in [2.75, 3.05) is 0 Å². The van der Waals surface area contributed by atoms with E-state index >= 15 is 0 Å². The van der Waals surface area contributed by atoms with Crippen LogP contribution in [0.25, 0.3) is 0 Å². The summed E-state index contributed by atoms with van der Waals surface area (Å²) in [6.45, 7) is 2.28. The lowest BCUT2D eigenvalue weighted by atomic mass is 9.94. The fraction of sp³-hybridized carbons (Fsp3) is 1.00. The van der Waals surface area contributed by atoms with Crippen LogP contribution in [-0.2, 0) is 0 Å².